The molecular formula is C17H25N3O3. The lowest BCUT2D eigenvalue weighted by atomic mass is 10.1. The Hall–Kier alpha value is -2.24. The summed E-state index contributed by atoms with van der Waals surface area (Å²) in [6.45, 7) is 3.14. The third-order valence-corrected chi connectivity index (χ3v) is 4.03. The third kappa shape index (κ3) is 5.81. The molecule has 2 N–H and O–H groups in total. The normalized spacial score (nSPS) is 16.9. The molecule has 6 heteroatoms. The van der Waals surface area contributed by atoms with Crippen LogP contribution in [0.2, 0.25) is 0 Å². The van der Waals surface area contributed by atoms with E-state index in [4.69, 9.17) is 0 Å². The predicted octanol–water partition coefficient (Wildman–Crippen LogP) is 1.77. The number of hydrogen-bond acceptors (Lipinski definition) is 4. The minimum Gasteiger partial charge on any atom is -0.469 e. The number of urea groups is 1. The lowest BCUT2D eigenvalue weighted by Gasteiger charge is -2.18. The first-order chi connectivity index (χ1) is 11.2. The van der Waals surface area contributed by atoms with Crippen molar-refractivity contribution in [3.8, 4) is 0 Å². The van der Waals surface area contributed by atoms with E-state index in [1.165, 1.54) is 12.8 Å². The highest BCUT2D eigenvalue weighted by molar-refractivity contribution is 5.74. The van der Waals surface area contributed by atoms with Gasteiger partial charge in [0.15, 0.2) is 0 Å². The largest absolute Gasteiger partial charge is 0.469 e. The van der Waals surface area contributed by atoms with Crippen LogP contribution in [0.1, 0.15) is 19.3 Å². The fourth-order valence-electron chi connectivity index (χ4n) is 2.71. The number of anilines is 1. The van der Waals surface area contributed by atoms with Crippen molar-refractivity contribution < 1.29 is 14.3 Å². The molecule has 1 heterocycles. The summed E-state index contributed by atoms with van der Waals surface area (Å²) in [6, 6.07) is 10.2. The quantitative estimate of drug-likeness (QED) is 0.593. The summed E-state index contributed by atoms with van der Waals surface area (Å²) in [5.74, 6) is 0.218. The number of nitrogens with one attached hydrogen (secondary N) is 2. The molecule has 1 fully saturated rings. The maximum atomic E-state index is 11.7. The molecule has 1 atom stereocenters. The zero-order chi connectivity index (χ0) is 16.5. The summed E-state index contributed by atoms with van der Waals surface area (Å²) in [7, 11) is 1.36. The average molecular weight is 319 g/mol. The van der Waals surface area contributed by atoms with Gasteiger partial charge in [-0.25, -0.2) is 4.79 Å². The molecule has 2 amide bonds. The molecule has 23 heavy (non-hydrogen) atoms. The number of nitrogens with zero attached hydrogens (tertiary/aromatic N) is 1. The van der Waals surface area contributed by atoms with Crippen LogP contribution in [0.15, 0.2) is 30.3 Å². The molecule has 0 bridgehead atoms. The van der Waals surface area contributed by atoms with Crippen molar-refractivity contribution in [3.05, 3.63) is 30.3 Å². The van der Waals surface area contributed by atoms with E-state index in [0.29, 0.717) is 31.8 Å². The van der Waals surface area contributed by atoms with E-state index >= 15 is 0 Å². The zero-order valence-corrected chi connectivity index (χ0v) is 13.6. The summed E-state index contributed by atoms with van der Waals surface area (Å²) in [4.78, 5) is 25.0. The van der Waals surface area contributed by atoms with Crippen LogP contribution in [0.5, 0.6) is 0 Å². The molecule has 2 rings (SSSR count). The molecule has 1 unspecified atom stereocenters. The number of esters is 1. The van der Waals surface area contributed by atoms with Crippen LogP contribution in [0.25, 0.3) is 0 Å². The van der Waals surface area contributed by atoms with Gasteiger partial charge in [0.25, 0.3) is 0 Å². The van der Waals surface area contributed by atoms with Crippen LogP contribution in [-0.4, -0.2) is 45.3 Å². The Kier molecular flexibility index (Phi) is 6.72. The number of carbonyl (C=O) groups is 2. The van der Waals surface area contributed by atoms with Gasteiger partial charge in [-0.1, -0.05) is 18.2 Å². The van der Waals surface area contributed by atoms with Gasteiger partial charge in [-0.05, 0) is 30.9 Å². The number of hydrogen-bond donors (Lipinski definition) is 2. The van der Waals surface area contributed by atoms with Gasteiger partial charge in [0.2, 0.25) is 0 Å². The fourth-order valence-corrected chi connectivity index (χ4v) is 2.71. The molecule has 0 saturated carbocycles. The summed E-state index contributed by atoms with van der Waals surface area (Å²) in [6.07, 6.45) is 1.99. The van der Waals surface area contributed by atoms with Gasteiger partial charge in [-0.15, -0.1) is 0 Å². The van der Waals surface area contributed by atoms with Crippen molar-refractivity contribution in [2.45, 2.75) is 19.3 Å². The summed E-state index contributed by atoms with van der Waals surface area (Å²) in [5.41, 5.74) is 1.24. The van der Waals surface area contributed by atoms with Crippen LogP contribution >= 0.6 is 0 Å². The Balaban J connectivity index is 1.59. The van der Waals surface area contributed by atoms with Crippen LogP contribution in [0.3, 0.4) is 0 Å². The maximum absolute atomic E-state index is 11.7. The Morgan fingerprint density at radius 2 is 2.04 bits per heavy atom. The van der Waals surface area contributed by atoms with Crippen molar-refractivity contribution in [3.63, 3.8) is 0 Å². The van der Waals surface area contributed by atoms with Crippen molar-refractivity contribution in [1.82, 2.24) is 10.6 Å². The highest BCUT2D eigenvalue weighted by Crippen LogP contribution is 2.22. The number of methoxy groups -OCH3 is 1. The number of rotatable bonds is 7. The second-order valence-corrected chi connectivity index (χ2v) is 5.75. The Labute approximate surface area is 137 Å². The van der Waals surface area contributed by atoms with Crippen LogP contribution in [0.4, 0.5) is 10.5 Å². The highest BCUT2D eigenvalue weighted by Gasteiger charge is 2.22. The van der Waals surface area contributed by atoms with Crippen molar-refractivity contribution in [1.29, 1.82) is 0 Å². The first kappa shape index (κ1) is 17.1. The molecule has 1 saturated heterocycles. The molecule has 1 aliphatic rings. The highest BCUT2D eigenvalue weighted by atomic mass is 16.5. The second kappa shape index (κ2) is 9.02. The number of benzene rings is 1. The summed E-state index contributed by atoms with van der Waals surface area (Å²) in [5, 5.41) is 5.66. The number of amides is 2. The number of carbonyl (C=O) groups excluding carboxylic acids is 2. The zero-order valence-electron chi connectivity index (χ0n) is 13.6. The Morgan fingerprint density at radius 3 is 2.78 bits per heavy atom. The second-order valence-electron chi connectivity index (χ2n) is 5.75. The maximum Gasteiger partial charge on any atom is 0.314 e. The molecular weight excluding hydrogens is 294 g/mol. The molecule has 1 aliphatic heterocycles. The van der Waals surface area contributed by atoms with Crippen molar-refractivity contribution in [2.24, 2.45) is 5.92 Å². The molecule has 0 spiro atoms. The van der Waals surface area contributed by atoms with E-state index in [-0.39, 0.29) is 12.0 Å². The molecule has 0 aliphatic carbocycles. The average Bonchev–Trinajstić information content (AvgIpc) is 3.06. The van der Waals surface area contributed by atoms with Gasteiger partial charge >= 0.3 is 12.0 Å². The van der Waals surface area contributed by atoms with E-state index in [1.807, 2.05) is 18.2 Å². The summed E-state index contributed by atoms with van der Waals surface area (Å²) < 4.78 is 4.55. The minimum atomic E-state index is -0.251. The van der Waals surface area contributed by atoms with Gasteiger partial charge in [0.1, 0.15) is 0 Å². The van der Waals surface area contributed by atoms with Gasteiger partial charge < -0.3 is 20.3 Å². The lowest BCUT2D eigenvalue weighted by Crippen LogP contribution is -2.39. The molecule has 0 aromatic heterocycles. The van der Waals surface area contributed by atoms with E-state index in [0.717, 1.165) is 19.5 Å². The van der Waals surface area contributed by atoms with E-state index < -0.39 is 0 Å². The molecule has 126 valence electrons. The molecule has 1 aromatic carbocycles. The van der Waals surface area contributed by atoms with E-state index in [9.17, 15) is 9.59 Å². The first-order valence-corrected chi connectivity index (χ1v) is 8.07. The van der Waals surface area contributed by atoms with E-state index in [1.54, 1.807) is 0 Å². The van der Waals surface area contributed by atoms with Gasteiger partial charge in [-0.2, -0.15) is 0 Å². The fraction of sp³-hybridized carbons (Fsp3) is 0.529. The predicted molar refractivity (Wildman–Crippen MR) is 89.4 cm³/mol. The Bertz CT molecular complexity index is 507. The van der Waals surface area contributed by atoms with Crippen LogP contribution < -0.4 is 15.5 Å². The van der Waals surface area contributed by atoms with Crippen molar-refractivity contribution >= 4 is 17.7 Å². The Morgan fingerprint density at radius 1 is 1.26 bits per heavy atom. The van der Waals surface area contributed by atoms with Gasteiger partial charge in [0.05, 0.1) is 7.11 Å². The first-order valence-electron chi connectivity index (χ1n) is 8.07. The lowest BCUT2D eigenvalue weighted by molar-refractivity contribution is -0.140. The number of para-hydroxylation sites is 1. The van der Waals surface area contributed by atoms with Crippen molar-refractivity contribution in [2.75, 3.05) is 38.2 Å². The van der Waals surface area contributed by atoms with Crippen LogP contribution in [0, 0.1) is 5.92 Å². The smallest absolute Gasteiger partial charge is 0.314 e. The standard InChI is InChI=1S/C17H25N3O3/c1-23-16(21)8-5-10-18-17(22)19-12-14-9-11-20(13-14)15-6-3-2-4-7-15/h2-4,6-7,14H,5,8-13H2,1H3,(H2,18,19,22). The van der Waals surface area contributed by atoms with Gasteiger partial charge in [0, 0.05) is 38.3 Å². The van der Waals surface area contributed by atoms with Crippen LogP contribution in [-0.2, 0) is 9.53 Å². The molecule has 1 aromatic rings. The third-order valence-electron chi connectivity index (χ3n) is 4.03. The monoisotopic (exact) mass is 319 g/mol. The molecule has 6 nitrogen and oxygen atoms in total. The van der Waals surface area contributed by atoms with E-state index in [2.05, 4.69) is 32.4 Å². The SMILES string of the molecule is COC(=O)CCCNC(=O)NCC1CCN(c2ccccc2)C1. The molecule has 0 radical (unpaired) electrons. The summed E-state index contributed by atoms with van der Waals surface area (Å²) >= 11 is 0. The topological polar surface area (TPSA) is 70.7 Å². The minimum absolute atomic E-state index is 0.173. The number of ether oxygens (including phenoxy) is 1. The van der Waals surface area contributed by atoms with Gasteiger partial charge in [-0.3, -0.25) is 4.79 Å².